The van der Waals surface area contributed by atoms with Crippen LogP contribution in [0.3, 0.4) is 0 Å². The van der Waals surface area contributed by atoms with E-state index in [0.29, 0.717) is 31.6 Å². The molecule has 0 saturated carbocycles. The van der Waals surface area contributed by atoms with Gasteiger partial charge in [0, 0.05) is 32.1 Å². The first-order valence-electron chi connectivity index (χ1n) is 9.07. The Balaban J connectivity index is 1.36. The van der Waals surface area contributed by atoms with Crippen molar-refractivity contribution in [2.75, 3.05) is 26.2 Å². The van der Waals surface area contributed by atoms with Gasteiger partial charge in [0.2, 0.25) is 5.91 Å². The molecule has 1 aliphatic heterocycles. The number of carbonyl (C=O) groups excluding carboxylic acids is 1. The van der Waals surface area contributed by atoms with Gasteiger partial charge in [-0.05, 0) is 44.0 Å². The molecule has 1 atom stereocenters. The number of aliphatic hydroxyl groups excluding tert-OH is 1. The van der Waals surface area contributed by atoms with Crippen molar-refractivity contribution in [3.63, 3.8) is 0 Å². The zero-order valence-corrected chi connectivity index (χ0v) is 14.7. The number of fused-ring (bicyclic) bond motifs is 1. The predicted molar refractivity (Wildman–Crippen MR) is 96.1 cm³/mol. The highest BCUT2D eigenvalue weighted by Gasteiger charge is 2.18. The Kier molecular flexibility index (Phi) is 5.99. The van der Waals surface area contributed by atoms with Crippen LogP contribution in [0.25, 0.3) is 11.2 Å². The van der Waals surface area contributed by atoms with Crippen LogP contribution in [-0.2, 0) is 11.2 Å². The van der Waals surface area contributed by atoms with Gasteiger partial charge in [-0.1, -0.05) is 6.92 Å². The number of aromatic amines is 1. The molecule has 0 radical (unpaired) electrons. The van der Waals surface area contributed by atoms with E-state index in [0.717, 1.165) is 30.3 Å². The summed E-state index contributed by atoms with van der Waals surface area (Å²) in [5.41, 5.74) is 1.55. The summed E-state index contributed by atoms with van der Waals surface area (Å²) in [6.07, 6.45) is 4.42. The zero-order valence-electron chi connectivity index (χ0n) is 14.7. The maximum atomic E-state index is 12.0. The smallest absolute Gasteiger partial charge is 0.220 e. The minimum absolute atomic E-state index is 0.0697. The van der Waals surface area contributed by atoms with E-state index >= 15 is 0 Å². The normalized spacial score (nSPS) is 17.7. The molecule has 25 heavy (non-hydrogen) atoms. The number of hydrogen-bond donors (Lipinski definition) is 3. The van der Waals surface area contributed by atoms with Crippen LogP contribution < -0.4 is 5.32 Å². The topological polar surface area (TPSA) is 94.1 Å². The van der Waals surface area contributed by atoms with Gasteiger partial charge in [-0.15, -0.1) is 0 Å². The van der Waals surface area contributed by atoms with Gasteiger partial charge in [-0.25, -0.2) is 9.97 Å². The van der Waals surface area contributed by atoms with Gasteiger partial charge in [0.25, 0.3) is 0 Å². The van der Waals surface area contributed by atoms with Crippen LogP contribution in [0.1, 0.15) is 32.0 Å². The second-order valence-electron chi connectivity index (χ2n) is 7.00. The zero-order chi connectivity index (χ0) is 17.6. The van der Waals surface area contributed by atoms with Crippen molar-refractivity contribution < 1.29 is 9.90 Å². The number of H-pyrrole nitrogens is 1. The fourth-order valence-electron chi connectivity index (χ4n) is 3.17. The molecule has 1 amide bonds. The molecule has 1 aliphatic rings. The average molecular weight is 345 g/mol. The van der Waals surface area contributed by atoms with Crippen LogP contribution in [0.15, 0.2) is 18.3 Å². The first-order chi connectivity index (χ1) is 12.1. The molecule has 0 aliphatic carbocycles. The second-order valence-corrected chi connectivity index (χ2v) is 7.00. The summed E-state index contributed by atoms with van der Waals surface area (Å²) >= 11 is 0. The van der Waals surface area contributed by atoms with E-state index < -0.39 is 6.10 Å². The number of likely N-dealkylation sites (tertiary alicyclic amines) is 1. The van der Waals surface area contributed by atoms with E-state index in [9.17, 15) is 9.90 Å². The lowest BCUT2D eigenvalue weighted by molar-refractivity contribution is -0.121. The minimum atomic E-state index is -0.521. The molecule has 0 spiro atoms. The molecule has 0 bridgehead atoms. The Morgan fingerprint density at radius 1 is 1.48 bits per heavy atom. The lowest BCUT2D eigenvalue weighted by Crippen LogP contribution is -2.43. The van der Waals surface area contributed by atoms with E-state index in [1.807, 2.05) is 12.1 Å². The summed E-state index contributed by atoms with van der Waals surface area (Å²) in [6.45, 7) is 5.26. The Hall–Kier alpha value is -1.99. The molecule has 3 rings (SSSR count). The summed E-state index contributed by atoms with van der Waals surface area (Å²) in [4.78, 5) is 25.9. The van der Waals surface area contributed by atoms with Crippen molar-refractivity contribution in [1.82, 2.24) is 25.2 Å². The molecule has 2 aromatic rings. The summed E-state index contributed by atoms with van der Waals surface area (Å²) in [7, 11) is 0. The van der Waals surface area contributed by atoms with Gasteiger partial charge in [-0.3, -0.25) is 4.79 Å². The van der Waals surface area contributed by atoms with Crippen LogP contribution in [-0.4, -0.2) is 63.1 Å². The van der Waals surface area contributed by atoms with Gasteiger partial charge >= 0.3 is 0 Å². The maximum Gasteiger partial charge on any atom is 0.220 e. The number of carbonyl (C=O) groups is 1. The molecule has 1 saturated heterocycles. The number of imidazole rings is 1. The molecule has 136 valence electrons. The number of piperidine rings is 1. The quantitative estimate of drug-likeness (QED) is 0.699. The number of nitrogens with one attached hydrogen (secondary N) is 2. The number of aromatic nitrogens is 3. The molecule has 1 fully saturated rings. The molecule has 3 N–H and O–H groups in total. The van der Waals surface area contributed by atoms with Crippen molar-refractivity contribution in [3.8, 4) is 0 Å². The molecular weight excluding hydrogens is 318 g/mol. The van der Waals surface area contributed by atoms with Crippen LogP contribution >= 0.6 is 0 Å². The number of aliphatic hydroxyl groups is 1. The Labute approximate surface area is 147 Å². The van der Waals surface area contributed by atoms with Crippen LogP contribution in [0, 0.1) is 5.92 Å². The monoisotopic (exact) mass is 345 g/mol. The number of amides is 1. The van der Waals surface area contributed by atoms with Crippen LogP contribution in [0.5, 0.6) is 0 Å². The van der Waals surface area contributed by atoms with Gasteiger partial charge in [0.05, 0.1) is 11.6 Å². The van der Waals surface area contributed by atoms with Crippen molar-refractivity contribution in [2.45, 2.75) is 38.7 Å². The SMILES string of the molecule is CC1CCN(CC(O)CNC(=O)CCc2nc3ncccc3[nH]2)CC1. The van der Waals surface area contributed by atoms with E-state index in [1.54, 1.807) is 6.20 Å². The van der Waals surface area contributed by atoms with E-state index in [4.69, 9.17) is 0 Å². The Morgan fingerprint density at radius 2 is 2.28 bits per heavy atom. The molecule has 0 aromatic carbocycles. The third-order valence-electron chi connectivity index (χ3n) is 4.78. The summed E-state index contributed by atoms with van der Waals surface area (Å²) in [5, 5.41) is 12.9. The summed E-state index contributed by atoms with van der Waals surface area (Å²) in [6, 6.07) is 3.76. The van der Waals surface area contributed by atoms with Crippen LogP contribution in [0.2, 0.25) is 0 Å². The molecular formula is C18H27N5O2. The minimum Gasteiger partial charge on any atom is -0.390 e. The number of nitrogens with zero attached hydrogens (tertiary/aromatic N) is 3. The first kappa shape index (κ1) is 17.8. The Morgan fingerprint density at radius 3 is 3.04 bits per heavy atom. The average Bonchev–Trinajstić information content (AvgIpc) is 3.03. The van der Waals surface area contributed by atoms with Crippen LogP contribution in [0.4, 0.5) is 0 Å². The largest absolute Gasteiger partial charge is 0.390 e. The lowest BCUT2D eigenvalue weighted by Gasteiger charge is -2.31. The number of rotatable bonds is 7. The fraction of sp³-hybridized carbons (Fsp3) is 0.611. The molecule has 7 heteroatoms. The highest BCUT2D eigenvalue weighted by Crippen LogP contribution is 2.15. The maximum absolute atomic E-state index is 12.0. The molecule has 2 aromatic heterocycles. The number of aryl methyl sites for hydroxylation is 1. The van der Waals surface area contributed by atoms with E-state index in [2.05, 4.69) is 32.1 Å². The summed E-state index contributed by atoms with van der Waals surface area (Å²) < 4.78 is 0. The van der Waals surface area contributed by atoms with Crippen molar-refractivity contribution in [3.05, 3.63) is 24.2 Å². The number of hydrogen-bond acceptors (Lipinski definition) is 5. The van der Waals surface area contributed by atoms with Gasteiger partial charge < -0.3 is 20.3 Å². The highest BCUT2D eigenvalue weighted by molar-refractivity contribution is 5.76. The number of β-amino-alcohol motifs (C(OH)–C–C–N with tert-alkyl or cyclic N) is 1. The first-order valence-corrected chi connectivity index (χ1v) is 9.07. The standard InChI is InChI=1S/C18H27N5O2/c1-13-6-9-23(10-7-13)12-14(24)11-20-17(25)5-4-16-21-15-3-2-8-19-18(15)22-16/h2-3,8,13-14,24H,4-7,9-12H2,1H3,(H,20,25)(H,19,21,22). The van der Waals surface area contributed by atoms with Crippen molar-refractivity contribution >= 4 is 17.1 Å². The van der Waals surface area contributed by atoms with Gasteiger partial charge in [0.1, 0.15) is 5.82 Å². The van der Waals surface area contributed by atoms with Gasteiger partial charge in [-0.2, -0.15) is 0 Å². The predicted octanol–water partition coefficient (Wildman–Crippen LogP) is 1.10. The number of pyridine rings is 1. The second kappa shape index (κ2) is 8.40. The highest BCUT2D eigenvalue weighted by atomic mass is 16.3. The van der Waals surface area contributed by atoms with E-state index in [1.165, 1.54) is 12.8 Å². The Bertz CT molecular complexity index is 661. The van der Waals surface area contributed by atoms with Gasteiger partial charge in [0.15, 0.2) is 5.65 Å². The molecule has 7 nitrogen and oxygen atoms in total. The van der Waals surface area contributed by atoms with Crippen molar-refractivity contribution in [2.24, 2.45) is 5.92 Å². The third-order valence-corrected chi connectivity index (χ3v) is 4.78. The van der Waals surface area contributed by atoms with Crippen molar-refractivity contribution in [1.29, 1.82) is 0 Å². The fourth-order valence-corrected chi connectivity index (χ4v) is 3.17. The summed E-state index contributed by atoms with van der Waals surface area (Å²) in [5.74, 6) is 1.47. The lowest BCUT2D eigenvalue weighted by atomic mass is 9.99. The third kappa shape index (κ3) is 5.24. The molecule has 3 heterocycles. The molecule has 1 unspecified atom stereocenters. The van der Waals surface area contributed by atoms with E-state index in [-0.39, 0.29) is 5.91 Å².